The van der Waals surface area contributed by atoms with Crippen LogP contribution < -0.4 is 11.1 Å². The zero-order valence-electron chi connectivity index (χ0n) is 10.7. The highest BCUT2D eigenvalue weighted by molar-refractivity contribution is 7.91. The van der Waals surface area contributed by atoms with Crippen LogP contribution in [0.3, 0.4) is 0 Å². The number of sulfone groups is 1. The van der Waals surface area contributed by atoms with Crippen molar-refractivity contribution in [3.63, 3.8) is 0 Å². The maximum atomic E-state index is 11.4. The molecule has 0 saturated carbocycles. The zero-order chi connectivity index (χ0) is 12.6. The molecule has 1 rings (SSSR count). The van der Waals surface area contributed by atoms with E-state index in [-0.39, 0.29) is 22.7 Å². The van der Waals surface area contributed by atoms with Crippen LogP contribution >= 0.6 is 0 Å². The second-order valence-corrected chi connectivity index (χ2v) is 8.44. The fourth-order valence-electron chi connectivity index (χ4n) is 1.81. The number of hydrogen-bond acceptors (Lipinski definition) is 4. The molecule has 16 heavy (non-hydrogen) atoms. The van der Waals surface area contributed by atoms with Crippen LogP contribution in [0.5, 0.6) is 0 Å². The molecule has 0 aromatic carbocycles. The SMILES string of the molecule is CC1(NCC(N)C(C)(C)C)CCS(=O)(=O)C1. The fraction of sp³-hybridized carbons (Fsp3) is 1.00. The Bertz CT molecular complexity index is 345. The van der Waals surface area contributed by atoms with Crippen LogP contribution in [0.2, 0.25) is 0 Å². The van der Waals surface area contributed by atoms with E-state index in [0.29, 0.717) is 18.7 Å². The van der Waals surface area contributed by atoms with Gasteiger partial charge in [-0.15, -0.1) is 0 Å². The largest absolute Gasteiger partial charge is 0.326 e. The monoisotopic (exact) mass is 248 g/mol. The van der Waals surface area contributed by atoms with Crippen molar-refractivity contribution in [2.75, 3.05) is 18.1 Å². The van der Waals surface area contributed by atoms with Gasteiger partial charge < -0.3 is 11.1 Å². The molecule has 96 valence electrons. The van der Waals surface area contributed by atoms with Gasteiger partial charge in [0.1, 0.15) is 0 Å². The summed E-state index contributed by atoms with van der Waals surface area (Å²) in [6.07, 6.45) is 0.687. The van der Waals surface area contributed by atoms with Gasteiger partial charge in [0.05, 0.1) is 11.5 Å². The summed E-state index contributed by atoms with van der Waals surface area (Å²) in [5.74, 6) is 0.526. The van der Waals surface area contributed by atoms with Gasteiger partial charge in [-0.1, -0.05) is 20.8 Å². The van der Waals surface area contributed by atoms with E-state index in [1.54, 1.807) is 0 Å². The van der Waals surface area contributed by atoms with Crippen molar-refractivity contribution in [1.82, 2.24) is 5.32 Å². The lowest BCUT2D eigenvalue weighted by Crippen LogP contribution is -2.52. The van der Waals surface area contributed by atoms with Crippen molar-refractivity contribution in [1.29, 1.82) is 0 Å². The smallest absolute Gasteiger partial charge is 0.152 e. The maximum absolute atomic E-state index is 11.4. The number of nitrogens with one attached hydrogen (secondary N) is 1. The standard InChI is InChI=1S/C11H24N2O2S/c1-10(2,3)9(12)7-13-11(4)5-6-16(14,15)8-11/h9,13H,5-8,12H2,1-4H3. The summed E-state index contributed by atoms with van der Waals surface area (Å²) in [5, 5.41) is 3.32. The molecule has 2 atom stereocenters. The molecule has 5 heteroatoms. The normalized spacial score (nSPS) is 31.6. The van der Waals surface area contributed by atoms with Gasteiger partial charge >= 0.3 is 0 Å². The van der Waals surface area contributed by atoms with E-state index < -0.39 is 9.84 Å². The highest BCUT2D eigenvalue weighted by atomic mass is 32.2. The molecule has 3 N–H and O–H groups in total. The fourth-order valence-corrected chi connectivity index (χ4v) is 3.94. The summed E-state index contributed by atoms with van der Waals surface area (Å²) in [6.45, 7) is 8.90. The maximum Gasteiger partial charge on any atom is 0.152 e. The summed E-state index contributed by atoms with van der Waals surface area (Å²) in [6, 6.07) is 0.0348. The minimum atomic E-state index is -2.84. The van der Waals surface area contributed by atoms with Gasteiger partial charge in [0.2, 0.25) is 0 Å². The zero-order valence-corrected chi connectivity index (χ0v) is 11.5. The predicted octanol–water partition coefficient (Wildman–Crippen LogP) is 0.527. The van der Waals surface area contributed by atoms with Crippen LogP contribution in [-0.4, -0.2) is 38.0 Å². The quantitative estimate of drug-likeness (QED) is 0.764. The summed E-state index contributed by atoms with van der Waals surface area (Å²) in [4.78, 5) is 0. The average Bonchev–Trinajstić information content (AvgIpc) is 2.36. The minimum Gasteiger partial charge on any atom is -0.326 e. The summed E-state index contributed by atoms with van der Waals surface area (Å²) in [7, 11) is -2.84. The molecule has 0 bridgehead atoms. The van der Waals surface area contributed by atoms with E-state index in [1.807, 2.05) is 6.92 Å². The van der Waals surface area contributed by atoms with Crippen molar-refractivity contribution < 1.29 is 8.42 Å². The Hall–Kier alpha value is -0.130. The Morgan fingerprint density at radius 3 is 2.38 bits per heavy atom. The van der Waals surface area contributed by atoms with Crippen molar-refractivity contribution in [3.05, 3.63) is 0 Å². The van der Waals surface area contributed by atoms with E-state index in [4.69, 9.17) is 5.73 Å². The lowest BCUT2D eigenvalue weighted by molar-refractivity contribution is 0.279. The average molecular weight is 248 g/mol. The number of rotatable bonds is 3. The van der Waals surface area contributed by atoms with Gasteiger partial charge in [0.25, 0.3) is 0 Å². The third kappa shape index (κ3) is 3.71. The van der Waals surface area contributed by atoms with Crippen LogP contribution in [0, 0.1) is 5.41 Å². The Morgan fingerprint density at radius 2 is 2.00 bits per heavy atom. The second-order valence-electron chi connectivity index (χ2n) is 6.26. The number of hydrogen-bond donors (Lipinski definition) is 2. The van der Waals surface area contributed by atoms with E-state index in [9.17, 15) is 8.42 Å². The second kappa shape index (κ2) is 4.27. The van der Waals surface area contributed by atoms with Crippen LogP contribution in [0.25, 0.3) is 0 Å². The van der Waals surface area contributed by atoms with Crippen molar-refractivity contribution in [3.8, 4) is 0 Å². The molecular weight excluding hydrogens is 224 g/mol. The van der Waals surface area contributed by atoms with Crippen LogP contribution in [0.1, 0.15) is 34.1 Å². The van der Waals surface area contributed by atoms with Gasteiger partial charge in [0.15, 0.2) is 9.84 Å². The first-order chi connectivity index (χ1) is 7.04. The van der Waals surface area contributed by atoms with Crippen LogP contribution in [0.4, 0.5) is 0 Å². The van der Waals surface area contributed by atoms with Gasteiger partial charge in [-0.25, -0.2) is 8.42 Å². The molecule has 1 aliphatic rings. The molecule has 0 aliphatic carbocycles. The Kier molecular flexibility index (Phi) is 3.72. The molecule has 1 saturated heterocycles. The minimum absolute atomic E-state index is 0.0348. The number of nitrogens with two attached hydrogens (primary N) is 1. The molecule has 0 radical (unpaired) electrons. The summed E-state index contributed by atoms with van der Waals surface area (Å²) in [5.41, 5.74) is 5.80. The predicted molar refractivity (Wildman–Crippen MR) is 67.1 cm³/mol. The van der Waals surface area contributed by atoms with E-state index in [1.165, 1.54) is 0 Å². The van der Waals surface area contributed by atoms with E-state index >= 15 is 0 Å². The first kappa shape index (κ1) is 13.9. The Balaban J connectivity index is 2.51. The van der Waals surface area contributed by atoms with Crippen molar-refractivity contribution in [2.45, 2.75) is 45.7 Å². The lowest BCUT2D eigenvalue weighted by atomic mass is 9.87. The highest BCUT2D eigenvalue weighted by Crippen LogP contribution is 2.24. The van der Waals surface area contributed by atoms with Gasteiger partial charge in [-0.05, 0) is 18.8 Å². The lowest BCUT2D eigenvalue weighted by Gasteiger charge is -2.32. The Morgan fingerprint density at radius 1 is 1.44 bits per heavy atom. The summed E-state index contributed by atoms with van der Waals surface area (Å²) >= 11 is 0. The Labute approximate surface area is 98.9 Å². The molecule has 1 aliphatic heterocycles. The van der Waals surface area contributed by atoms with Crippen LogP contribution in [0.15, 0.2) is 0 Å². The first-order valence-corrected chi connectivity index (χ1v) is 7.57. The van der Waals surface area contributed by atoms with Gasteiger partial charge in [-0.2, -0.15) is 0 Å². The molecule has 1 fully saturated rings. The van der Waals surface area contributed by atoms with Crippen LogP contribution in [-0.2, 0) is 9.84 Å². The van der Waals surface area contributed by atoms with Gasteiger partial charge in [0, 0.05) is 18.1 Å². The third-order valence-corrected chi connectivity index (χ3v) is 5.27. The molecule has 0 aromatic heterocycles. The van der Waals surface area contributed by atoms with Crippen molar-refractivity contribution in [2.24, 2.45) is 11.1 Å². The van der Waals surface area contributed by atoms with E-state index in [2.05, 4.69) is 26.1 Å². The molecular formula is C11H24N2O2S. The highest BCUT2D eigenvalue weighted by Gasteiger charge is 2.38. The molecule has 0 amide bonds. The third-order valence-electron chi connectivity index (χ3n) is 3.36. The molecule has 4 nitrogen and oxygen atoms in total. The van der Waals surface area contributed by atoms with Crippen molar-refractivity contribution >= 4 is 9.84 Å². The molecule has 2 unspecified atom stereocenters. The summed E-state index contributed by atoms with van der Waals surface area (Å²) < 4.78 is 22.8. The van der Waals surface area contributed by atoms with E-state index in [0.717, 1.165) is 0 Å². The molecule has 0 aromatic rings. The molecule has 1 heterocycles. The molecule has 0 spiro atoms. The first-order valence-electron chi connectivity index (χ1n) is 5.75. The topological polar surface area (TPSA) is 72.2 Å². The van der Waals surface area contributed by atoms with Gasteiger partial charge in [-0.3, -0.25) is 0 Å².